The molecule has 0 bridgehead atoms. The van der Waals surface area contributed by atoms with Gasteiger partial charge in [-0.1, -0.05) is 120 Å². The van der Waals surface area contributed by atoms with Crippen LogP contribution in [0, 0.1) is 11.5 Å². The van der Waals surface area contributed by atoms with Crippen molar-refractivity contribution in [3.8, 4) is 39.5 Å². The molecule has 0 aliphatic heterocycles. The minimum atomic E-state index is -2.03. The highest BCUT2D eigenvalue weighted by Crippen LogP contribution is 2.47. The van der Waals surface area contributed by atoms with Crippen molar-refractivity contribution in [2.45, 2.75) is 58.2 Å². The number of carbonyl (C=O) groups is 1. The molecule has 0 fully saturated rings. The zero-order valence-electron chi connectivity index (χ0n) is 24.0. The van der Waals surface area contributed by atoms with Crippen molar-refractivity contribution in [2.24, 2.45) is 0 Å². The molecule has 200 valence electrons. The molecule has 0 aliphatic rings. The van der Waals surface area contributed by atoms with Crippen LogP contribution in [0.25, 0.3) is 33.0 Å². The van der Waals surface area contributed by atoms with E-state index in [0.29, 0.717) is 27.6 Å². The molecular formula is C35H38O3Si. The average Bonchev–Trinajstić information content (AvgIpc) is 2.93. The fourth-order valence-corrected chi connectivity index (χ4v) is 11.5. The smallest absolute Gasteiger partial charge is 0.342 e. The molecule has 3 nitrogen and oxygen atoms in total. The topological polar surface area (TPSA) is 46.5 Å². The van der Waals surface area contributed by atoms with Crippen LogP contribution in [-0.2, 0) is 4.74 Å². The van der Waals surface area contributed by atoms with Crippen molar-refractivity contribution in [3.63, 3.8) is 0 Å². The zero-order valence-corrected chi connectivity index (χ0v) is 25.0. The Labute approximate surface area is 233 Å². The van der Waals surface area contributed by atoms with E-state index in [4.69, 9.17) is 4.74 Å². The Kier molecular flexibility index (Phi) is 8.33. The second-order valence-electron chi connectivity index (χ2n) is 11.1. The lowest BCUT2D eigenvalue weighted by Gasteiger charge is -2.38. The minimum Gasteiger partial charge on any atom is -0.506 e. The van der Waals surface area contributed by atoms with Gasteiger partial charge >= 0.3 is 5.97 Å². The highest BCUT2D eigenvalue weighted by atomic mass is 28.3. The van der Waals surface area contributed by atoms with Crippen LogP contribution < -0.4 is 0 Å². The molecule has 4 aromatic carbocycles. The maximum absolute atomic E-state index is 13.3. The lowest BCUT2D eigenvalue weighted by molar-refractivity contribution is 0.0598. The first-order chi connectivity index (χ1) is 18.6. The maximum Gasteiger partial charge on any atom is 0.342 e. The second kappa shape index (κ2) is 11.5. The van der Waals surface area contributed by atoms with Gasteiger partial charge in [-0.05, 0) is 44.8 Å². The number of ether oxygens (including phenoxy) is 1. The predicted octanol–water partition coefficient (Wildman–Crippen LogP) is 9.24. The summed E-state index contributed by atoms with van der Waals surface area (Å²) in [7, 11) is -0.683. The minimum absolute atomic E-state index is 0.0915. The highest BCUT2D eigenvalue weighted by Gasteiger charge is 2.41. The first-order valence-electron chi connectivity index (χ1n) is 13.7. The van der Waals surface area contributed by atoms with Crippen LogP contribution in [-0.4, -0.2) is 26.3 Å². The van der Waals surface area contributed by atoms with E-state index < -0.39 is 14.0 Å². The number of esters is 1. The molecular weight excluding hydrogens is 496 g/mol. The van der Waals surface area contributed by atoms with Crippen LogP contribution in [0.2, 0.25) is 16.6 Å². The number of hydrogen-bond acceptors (Lipinski definition) is 3. The van der Waals surface area contributed by atoms with Crippen LogP contribution in [0.5, 0.6) is 5.75 Å². The van der Waals surface area contributed by atoms with Crippen LogP contribution in [0.1, 0.15) is 57.5 Å². The maximum atomic E-state index is 13.3. The van der Waals surface area contributed by atoms with E-state index in [1.165, 1.54) is 7.11 Å². The van der Waals surface area contributed by atoms with Gasteiger partial charge < -0.3 is 9.84 Å². The van der Waals surface area contributed by atoms with Crippen LogP contribution in [0.4, 0.5) is 0 Å². The van der Waals surface area contributed by atoms with E-state index in [2.05, 4.69) is 53.0 Å². The summed E-state index contributed by atoms with van der Waals surface area (Å²) in [6.45, 7) is 13.7. The summed E-state index contributed by atoms with van der Waals surface area (Å²) in [5.74, 6) is 2.86. The van der Waals surface area contributed by atoms with Gasteiger partial charge in [0.25, 0.3) is 0 Å². The number of aromatic hydroxyl groups is 1. The highest BCUT2D eigenvalue weighted by molar-refractivity contribution is 6.90. The molecule has 0 amide bonds. The summed E-state index contributed by atoms with van der Waals surface area (Å²) in [6, 6.07) is 25.7. The van der Waals surface area contributed by atoms with Gasteiger partial charge in [0.1, 0.15) is 19.4 Å². The summed E-state index contributed by atoms with van der Waals surface area (Å²) in [4.78, 5) is 13.3. The lowest BCUT2D eigenvalue weighted by atomic mass is 9.84. The van der Waals surface area contributed by atoms with Gasteiger partial charge in [0.05, 0.1) is 7.11 Å². The fourth-order valence-electron chi connectivity index (χ4n) is 6.33. The second-order valence-corrected chi connectivity index (χ2v) is 16.7. The Hall–Kier alpha value is -3.81. The van der Waals surface area contributed by atoms with Crippen LogP contribution in [0.15, 0.2) is 78.9 Å². The largest absolute Gasteiger partial charge is 0.506 e. The van der Waals surface area contributed by atoms with E-state index >= 15 is 0 Å². The molecule has 0 aliphatic carbocycles. The number of rotatable bonds is 6. The van der Waals surface area contributed by atoms with Gasteiger partial charge in [-0.25, -0.2) is 4.79 Å². The first-order valence-corrected chi connectivity index (χ1v) is 15.9. The van der Waals surface area contributed by atoms with E-state index in [-0.39, 0.29) is 11.3 Å². The van der Waals surface area contributed by atoms with E-state index in [1.54, 1.807) is 0 Å². The molecule has 0 saturated heterocycles. The predicted molar refractivity (Wildman–Crippen MR) is 166 cm³/mol. The normalized spacial score (nSPS) is 11.6. The number of benzene rings is 4. The fraction of sp³-hybridized carbons (Fsp3) is 0.286. The van der Waals surface area contributed by atoms with Gasteiger partial charge in [-0.15, -0.1) is 5.54 Å². The number of hydrogen-bond donors (Lipinski definition) is 1. The van der Waals surface area contributed by atoms with Gasteiger partial charge in [-0.2, -0.15) is 0 Å². The molecule has 1 N–H and O–H groups in total. The van der Waals surface area contributed by atoms with Crippen molar-refractivity contribution < 1.29 is 14.6 Å². The summed E-state index contributed by atoms with van der Waals surface area (Å²) in [5.41, 5.74) is 9.42. The standard InChI is InChI=1S/C35H38O3Si/c1-23(2)39(24(3)4,25(5)6)22-21-28-19-14-20-29-30(26-15-10-8-11-16-26)32(27-17-12-9-13-18-27)33(35(37)38-7)34(36)31(28)29/h8-20,23-25,36H,1-7H3. The van der Waals surface area contributed by atoms with E-state index in [0.717, 1.165) is 27.6 Å². The van der Waals surface area contributed by atoms with Crippen molar-refractivity contribution in [2.75, 3.05) is 7.11 Å². The summed E-state index contributed by atoms with van der Waals surface area (Å²) in [6.07, 6.45) is 0. The first kappa shape index (κ1) is 28.2. The molecule has 39 heavy (non-hydrogen) atoms. The average molecular weight is 535 g/mol. The quantitative estimate of drug-likeness (QED) is 0.152. The molecule has 0 unspecified atom stereocenters. The zero-order chi connectivity index (χ0) is 28.3. The van der Waals surface area contributed by atoms with Crippen molar-refractivity contribution >= 4 is 24.8 Å². The monoisotopic (exact) mass is 534 g/mol. The molecule has 0 radical (unpaired) electrons. The Morgan fingerprint density at radius 1 is 0.744 bits per heavy atom. The summed E-state index contributed by atoms with van der Waals surface area (Å²) >= 11 is 0. The van der Waals surface area contributed by atoms with Gasteiger partial charge in [0, 0.05) is 16.5 Å². The number of fused-ring (bicyclic) bond motifs is 1. The SMILES string of the molecule is COC(=O)c1c(-c2ccccc2)c(-c2ccccc2)c2cccc(C#C[Si](C(C)C)(C(C)C)C(C)C)c2c1O. The van der Waals surface area contributed by atoms with Gasteiger partial charge in [0.15, 0.2) is 0 Å². The number of methoxy groups -OCH3 is 1. The van der Waals surface area contributed by atoms with Gasteiger partial charge in [0.2, 0.25) is 0 Å². The van der Waals surface area contributed by atoms with Crippen LogP contribution in [0.3, 0.4) is 0 Å². The molecule has 4 heteroatoms. The van der Waals surface area contributed by atoms with Gasteiger partial charge in [-0.3, -0.25) is 0 Å². The summed E-state index contributed by atoms with van der Waals surface area (Å²) in [5, 5.41) is 13.3. The third-order valence-corrected chi connectivity index (χ3v) is 14.4. The Morgan fingerprint density at radius 2 is 1.26 bits per heavy atom. The van der Waals surface area contributed by atoms with Crippen molar-refractivity contribution in [1.82, 2.24) is 0 Å². The molecule has 0 aromatic heterocycles. The summed E-state index contributed by atoms with van der Waals surface area (Å²) < 4.78 is 5.24. The molecule has 0 atom stereocenters. The number of carbonyl (C=O) groups excluding carboxylic acids is 1. The molecule has 4 aromatic rings. The van der Waals surface area contributed by atoms with E-state index in [1.807, 2.05) is 78.9 Å². The third-order valence-electron chi connectivity index (χ3n) is 8.10. The Balaban J connectivity index is 2.19. The molecule has 0 saturated carbocycles. The van der Waals surface area contributed by atoms with Crippen molar-refractivity contribution in [3.05, 3.63) is 90.0 Å². The molecule has 4 rings (SSSR count). The third kappa shape index (κ3) is 5.00. The number of phenols is 1. The van der Waals surface area contributed by atoms with Crippen LogP contribution >= 0.6 is 0 Å². The lowest BCUT2D eigenvalue weighted by Crippen LogP contribution is -2.43. The Morgan fingerprint density at radius 3 is 1.74 bits per heavy atom. The molecule has 0 heterocycles. The number of phenolic OH excluding ortho intramolecular Hbond substituents is 1. The van der Waals surface area contributed by atoms with E-state index in [9.17, 15) is 9.90 Å². The Bertz CT molecular complexity index is 1520. The molecule has 0 spiro atoms. The van der Waals surface area contributed by atoms with Crippen molar-refractivity contribution in [1.29, 1.82) is 0 Å².